The number of nitrogens with zero attached hydrogens (tertiary/aromatic N) is 1. The number of benzene rings is 3. The number of para-hydroxylation sites is 2. The minimum absolute atomic E-state index is 0.119. The zero-order chi connectivity index (χ0) is 26.2. The molecule has 0 aliphatic carbocycles. The molecule has 0 radical (unpaired) electrons. The number of carbonyl (C=O) groups is 2. The summed E-state index contributed by atoms with van der Waals surface area (Å²) in [6, 6.07) is 16.9. The summed E-state index contributed by atoms with van der Waals surface area (Å²) in [5.74, 6) is -0.0383. The van der Waals surface area contributed by atoms with Crippen LogP contribution in [0.15, 0.2) is 66.7 Å². The minimum Gasteiger partial charge on any atom is -0.487 e. The van der Waals surface area contributed by atoms with Gasteiger partial charge in [-0.2, -0.15) is 0 Å². The van der Waals surface area contributed by atoms with E-state index in [-0.39, 0.29) is 39.3 Å². The summed E-state index contributed by atoms with van der Waals surface area (Å²) in [4.78, 5) is 27.5. The lowest BCUT2D eigenvalue weighted by Gasteiger charge is -2.25. The van der Waals surface area contributed by atoms with Crippen LogP contribution in [-0.2, 0) is 20.7 Å². The highest BCUT2D eigenvalue weighted by atomic mass is 35.5. The predicted octanol–water partition coefficient (Wildman–Crippen LogP) is 4.02. The Morgan fingerprint density at radius 2 is 1.84 bits per heavy atom. The van der Waals surface area contributed by atoms with Gasteiger partial charge in [-0.05, 0) is 54.4 Å². The van der Waals surface area contributed by atoms with Crippen molar-refractivity contribution < 1.29 is 28.2 Å². The molecular formula is C27H27ClFN3O5. The van der Waals surface area contributed by atoms with Gasteiger partial charge in [0.2, 0.25) is 11.8 Å². The highest BCUT2D eigenvalue weighted by molar-refractivity contribution is 6.31. The molecule has 1 aliphatic heterocycles. The lowest BCUT2D eigenvalue weighted by molar-refractivity contribution is -0.136. The van der Waals surface area contributed by atoms with Gasteiger partial charge in [-0.1, -0.05) is 35.9 Å². The number of nitrogens with one attached hydrogen (secondary N) is 1. The van der Waals surface area contributed by atoms with Crippen LogP contribution < -0.4 is 20.5 Å². The van der Waals surface area contributed by atoms with Crippen molar-refractivity contribution in [3.63, 3.8) is 0 Å². The maximum Gasteiger partial charge on any atom is 0.244 e. The first kappa shape index (κ1) is 26.4. The normalized spacial score (nSPS) is 15.5. The van der Waals surface area contributed by atoms with E-state index in [0.717, 1.165) is 0 Å². The molecule has 10 heteroatoms. The number of halogens is 2. The Labute approximate surface area is 219 Å². The number of amides is 2. The molecule has 2 amide bonds. The highest BCUT2D eigenvalue weighted by Crippen LogP contribution is 2.36. The zero-order valence-electron chi connectivity index (χ0n) is 20.0. The van der Waals surface area contributed by atoms with Crippen LogP contribution in [0.4, 0.5) is 10.1 Å². The van der Waals surface area contributed by atoms with Crippen molar-refractivity contribution in [3.8, 4) is 17.2 Å². The fraction of sp³-hybridized carbons (Fsp3) is 0.259. The Morgan fingerprint density at radius 1 is 1.03 bits per heavy atom. The van der Waals surface area contributed by atoms with E-state index in [2.05, 4.69) is 5.32 Å². The zero-order valence-corrected chi connectivity index (χ0v) is 20.7. The molecule has 0 saturated heterocycles. The lowest BCUT2D eigenvalue weighted by atomic mass is 10.1. The van der Waals surface area contributed by atoms with Gasteiger partial charge in [0.15, 0.2) is 17.2 Å². The molecule has 0 saturated carbocycles. The molecule has 1 heterocycles. The fourth-order valence-electron chi connectivity index (χ4n) is 3.82. The molecule has 0 unspecified atom stereocenters. The van der Waals surface area contributed by atoms with Gasteiger partial charge in [0.25, 0.3) is 0 Å². The van der Waals surface area contributed by atoms with Crippen molar-refractivity contribution in [2.75, 3.05) is 38.2 Å². The van der Waals surface area contributed by atoms with Crippen molar-refractivity contribution in [1.29, 1.82) is 0 Å². The van der Waals surface area contributed by atoms with Crippen LogP contribution in [0.3, 0.4) is 0 Å². The number of anilines is 1. The highest BCUT2D eigenvalue weighted by Gasteiger charge is 2.24. The third-order valence-corrected chi connectivity index (χ3v) is 5.82. The summed E-state index contributed by atoms with van der Waals surface area (Å²) in [6.45, 7) is 0.508. The number of hydrogen-bond donors (Lipinski definition) is 2. The molecule has 4 rings (SSSR count). The number of rotatable bonds is 3. The third kappa shape index (κ3) is 7.42. The van der Waals surface area contributed by atoms with Gasteiger partial charge in [-0.15, -0.1) is 0 Å². The Morgan fingerprint density at radius 3 is 2.65 bits per heavy atom. The molecule has 8 nitrogen and oxygen atoms in total. The second-order valence-corrected chi connectivity index (χ2v) is 8.84. The third-order valence-electron chi connectivity index (χ3n) is 5.58. The molecule has 3 aromatic carbocycles. The number of hydrogen-bond acceptors (Lipinski definition) is 6. The molecule has 0 spiro atoms. The molecule has 0 fully saturated rings. The first-order valence-electron chi connectivity index (χ1n) is 11.7. The average molecular weight is 528 g/mol. The molecule has 194 valence electrons. The maximum absolute atomic E-state index is 13.6. The first-order valence-corrected chi connectivity index (χ1v) is 12.1. The second kappa shape index (κ2) is 12.5. The molecule has 0 aromatic heterocycles. The number of fused-ring (bicyclic) bond motifs is 2. The predicted molar refractivity (Wildman–Crippen MR) is 138 cm³/mol. The average Bonchev–Trinajstić information content (AvgIpc) is 2.87. The van der Waals surface area contributed by atoms with Crippen LogP contribution in [-0.4, -0.2) is 55.7 Å². The standard InChI is InChI=1S/C27H27ClFN3O5/c28-19-8-9-23-22(16-19)31-26(33)17-32(27(34)21(30)15-18-4-3-5-20(29)14-18)10-11-35-12-13-36-24-6-1-2-7-25(24)37-23/h1-9,14,16,21H,10-13,15,17,30H2,(H,31,33)/t21-/m0/s1. The van der Waals surface area contributed by atoms with E-state index in [1.54, 1.807) is 48.5 Å². The van der Waals surface area contributed by atoms with Gasteiger partial charge >= 0.3 is 0 Å². The van der Waals surface area contributed by atoms with E-state index in [1.807, 2.05) is 6.07 Å². The van der Waals surface area contributed by atoms with Crippen LogP contribution in [0.2, 0.25) is 5.02 Å². The Bertz CT molecular complexity index is 1260. The quantitative estimate of drug-likeness (QED) is 0.533. The van der Waals surface area contributed by atoms with Gasteiger partial charge in [0, 0.05) is 11.6 Å². The second-order valence-electron chi connectivity index (χ2n) is 8.40. The number of ether oxygens (including phenoxy) is 3. The summed E-state index contributed by atoms with van der Waals surface area (Å²) in [5, 5.41) is 3.16. The summed E-state index contributed by atoms with van der Waals surface area (Å²) in [6.07, 6.45) is 0.119. The summed E-state index contributed by atoms with van der Waals surface area (Å²) < 4.78 is 31.1. The summed E-state index contributed by atoms with van der Waals surface area (Å²) in [7, 11) is 0. The van der Waals surface area contributed by atoms with Gasteiger partial charge in [0.1, 0.15) is 12.4 Å². The molecule has 3 N–H and O–H groups in total. The van der Waals surface area contributed by atoms with Crippen molar-refractivity contribution in [2.45, 2.75) is 12.5 Å². The van der Waals surface area contributed by atoms with Crippen molar-refractivity contribution in [2.24, 2.45) is 5.73 Å². The smallest absolute Gasteiger partial charge is 0.244 e. The van der Waals surface area contributed by atoms with Crippen LogP contribution >= 0.6 is 11.6 Å². The molecule has 1 aliphatic rings. The van der Waals surface area contributed by atoms with E-state index in [0.29, 0.717) is 33.5 Å². The molecule has 37 heavy (non-hydrogen) atoms. The maximum atomic E-state index is 13.6. The van der Waals surface area contributed by atoms with Crippen LogP contribution in [0.1, 0.15) is 5.56 Å². The Hall–Kier alpha value is -3.66. The molecular weight excluding hydrogens is 501 g/mol. The van der Waals surface area contributed by atoms with Gasteiger partial charge < -0.3 is 30.2 Å². The minimum atomic E-state index is -0.973. The van der Waals surface area contributed by atoms with Crippen molar-refractivity contribution in [3.05, 3.63) is 83.1 Å². The van der Waals surface area contributed by atoms with Crippen LogP contribution in [0.5, 0.6) is 17.2 Å². The molecule has 3 aromatic rings. The van der Waals surface area contributed by atoms with E-state index in [1.165, 1.54) is 17.0 Å². The van der Waals surface area contributed by atoms with Crippen molar-refractivity contribution >= 4 is 29.1 Å². The number of nitrogens with two attached hydrogens (primary N) is 1. The Kier molecular flexibility index (Phi) is 8.95. The topological polar surface area (TPSA) is 103 Å². The summed E-state index contributed by atoms with van der Waals surface area (Å²) >= 11 is 6.17. The van der Waals surface area contributed by atoms with Gasteiger partial charge in [0.05, 0.1) is 31.5 Å². The van der Waals surface area contributed by atoms with Crippen LogP contribution in [0, 0.1) is 5.82 Å². The number of carbonyl (C=O) groups excluding carboxylic acids is 2. The van der Waals surface area contributed by atoms with E-state index in [4.69, 9.17) is 31.5 Å². The largest absolute Gasteiger partial charge is 0.487 e. The monoisotopic (exact) mass is 527 g/mol. The summed E-state index contributed by atoms with van der Waals surface area (Å²) in [5.41, 5.74) is 7.07. The Balaban J connectivity index is 1.54. The van der Waals surface area contributed by atoms with Gasteiger partial charge in [-0.25, -0.2) is 4.39 Å². The lowest BCUT2D eigenvalue weighted by Crippen LogP contribution is -2.49. The molecule has 0 bridgehead atoms. The van der Waals surface area contributed by atoms with E-state index in [9.17, 15) is 14.0 Å². The van der Waals surface area contributed by atoms with Crippen molar-refractivity contribution in [1.82, 2.24) is 4.90 Å². The van der Waals surface area contributed by atoms with Gasteiger partial charge in [-0.3, -0.25) is 9.59 Å². The van der Waals surface area contributed by atoms with E-state index >= 15 is 0 Å². The van der Waals surface area contributed by atoms with E-state index < -0.39 is 23.7 Å². The van der Waals surface area contributed by atoms with Crippen LogP contribution in [0.25, 0.3) is 0 Å². The molecule has 1 atom stereocenters. The first-order chi connectivity index (χ1) is 17.9. The SMILES string of the molecule is N[C@@H](Cc1cccc(F)c1)C(=O)N1CCOCCOc2ccccc2Oc2ccc(Cl)cc2NC(=O)C1. The fourth-order valence-corrected chi connectivity index (χ4v) is 3.99.